The predicted molar refractivity (Wildman–Crippen MR) is 88.3 cm³/mol. The molecule has 3 rings (SSSR count). The van der Waals surface area contributed by atoms with E-state index in [-0.39, 0.29) is 5.91 Å². The molecule has 1 heterocycles. The van der Waals surface area contributed by atoms with E-state index in [1.807, 2.05) is 42.5 Å². The molecular weight excluding hydrogens is 304 g/mol. The van der Waals surface area contributed by atoms with E-state index in [9.17, 15) is 4.79 Å². The van der Waals surface area contributed by atoms with Gasteiger partial charge in [-0.05, 0) is 35.0 Å². The van der Waals surface area contributed by atoms with Crippen LogP contribution >= 0.6 is 22.9 Å². The molecule has 0 saturated heterocycles. The zero-order chi connectivity index (χ0) is 14.7. The van der Waals surface area contributed by atoms with Gasteiger partial charge in [-0.15, -0.1) is 11.3 Å². The van der Waals surface area contributed by atoms with Crippen molar-refractivity contribution in [3.8, 4) is 0 Å². The zero-order valence-electron chi connectivity index (χ0n) is 10.9. The molecule has 0 aliphatic carbocycles. The average molecular weight is 315 g/mol. The van der Waals surface area contributed by atoms with Crippen molar-refractivity contribution < 1.29 is 4.79 Å². The van der Waals surface area contributed by atoms with Crippen LogP contribution in [0.2, 0.25) is 4.34 Å². The van der Waals surface area contributed by atoms with Crippen LogP contribution in [0.25, 0.3) is 10.8 Å². The minimum atomic E-state index is -0.236. The number of benzene rings is 2. The third kappa shape index (κ3) is 3.29. The molecule has 0 radical (unpaired) electrons. The molecule has 0 atom stereocenters. The summed E-state index contributed by atoms with van der Waals surface area (Å²) < 4.78 is 0.692. The normalized spacial score (nSPS) is 11.1. The molecular formula is C16H11ClN2OS. The van der Waals surface area contributed by atoms with E-state index in [1.54, 1.807) is 18.3 Å². The van der Waals surface area contributed by atoms with Crippen molar-refractivity contribution in [3.63, 3.8) is 0 Å². The molecule has 0 aliphatic rings. The van der Waals surface area contributed by atoms with Crippen molar-refractivity contribution >= 4 is 45.8 Å². The number of hydrogen-bond acceptors (Lipinski definition) is 3. The van der Waals surface area contributed by atoms with Gasteiger partial charge in [-0.2, -0.15) is 5.10 Å². The molecule has 0 unspecified atom stereocenters. The molecule has 0 saturated carbocycles. The number of fused-ring (bicyclic) bond motifs is 1. The fraction of sp³-hybridized carbons (Fsp3) is 0. The third-order valence-electron chi connectivity index (χ3n) is 2.96. The van der Waals surface area contributed by atoms with Crippen molar-refractivity contribution in [2.24, 2.45) is 5.10 Å². The van der Waals surface area contributed by atoms with Crippen LogP contribution in [0.1, 0.15) is 15.2 Å². The van der Waals surface area contributed by atoms with Gasteiger partial charge >= 0.3 is 0 Å². The quantitative estimate of drug-likeness (QED) is 0.568. The largest absolute Gasteiger partial charge is 0.271 e. The summed E-state index contributed by atoms with van der Waals surface area (Å²) in [5, 5.41) is 6.07. The molecule has 0 spiro atoms. The molecule has 104 valence electrons. The van der Waals surface area contributed by atoms with Crippen molar-refractivity contribution in [2.75, 3.05) is 0 Å². The maximum Gasteiger partial charge on any atom is 0.271 e. The zero-order valence-corrected chi connectivity index (χ0v) is 12.5. The Balaban J connectivity index is 1.73. The lowest BCUT2D eigenvalue weighted by Crippen LogP contribution is -2.17. The highest BCUT2D eigenvalue weighted by atomic mass is 35.5. The first-order valence-corrected chi connectivity index (χ1v) is 7.49. The monoisotopic (exact) mass is 314 g/mol. The molecule has 1 aromatic heterocycles. The number of hydrazone groups is 1. The molecule has 21 heavy (non-hydrogen) atoms. The van der Waals surface area contributed by atoms with Gasteiger partial charge in [-0.3, -0.25) is 4.79 Å². The van der Waals surface area contributed by atoms with Crippen LogP contribution < -0.4 is 5.43 Å². The lowest BCUT2D eigenvalue weighted by Gasteiger charge is -2.02. The van der Waals surface area contributed by atoms with Crippen molar-refractivity contribution in [2.45, 2.75) is 0 Å². The standard InChI is InChI=1S/C16H11ClN2OS/c17-15-8-7-14(21-15)10-18-19-16(20)13-6-5-11-3-1-2-4-12(11)9-13/h1-10H,(H,19,20)/b18-10+. The summed E-state index contributed by atoms with van der Waals surface area (Å²) in [5.74, 6) is -0.236. The number of carbonyl (C=O) groups is 1. The number of thiophene rings is 1. The number of nitrogens with zero attached hydrogens (tertiary/aromatic N) is 1. The minimum absolute atomic E-state index is 0.236. The molecule has 1 amide bonds. The molecule has 2 aromatic carbocycles. The summed E-state index contributed by atoms with van der Waals surface area (Å²) in [6, 6.07) is 17.1. The highest BCUT2D eigenvalue weighted by molar-refractivity contribution is 7.17. The van der Waals surface area contributed by atoms with Crippen LogP contribution in [0.3, 0.4) is 0 Å². The summed E-state index contributed by atoms with van der Waals surface area (Å²) in [6.07, 6.45) is 1.58. The van der Waals surface area contributed by atoms with Gasteiger partial charge < -0.3 is 0 Å². The molecule has 0 aliphatic heterocycles. The Kier molecular flexibility index (Phi) is 3.99. The maximum atomic E-state index is 12.0. The average Bonchev–Trinajstić information content (AvgIpc) is 2.92. The fourth-order valence-electron chi connectivity index (χ4n) is 1.95. The second kappa shape index (κ2) is 6.08. The van der Waals surface area contributed by atoms with Gasteiger partial charge in [0.25, 0.3) is 5.91 Å². The highest BCUT2D eigenvalue weighted by Gasteiger charge is 2.04. The van der Waals surface area contributed by atoms with Gasteiger partial charge in [0.2, 0.25) is 0 Å². The van der Waals surface area contributed by atoms with E-state index in [2.05, 4.69) is 10.5 Å². The first-order valence-electron chi connectivity index (χ1n) is 6.30. The summed E-state index contributed by atoms with van der Waals surface area (Å²) >= 11 is 7.22. The summed E-state index contributed by atoms with van der Waals surface area (Å²) in [5.41, 5.74) is 3.09. The topological polar surface area (TPSA) is 41.5 Å². The van der Waals surface area contributed by atoms with Crippen LogP contribution in [0, 0.1) is 0 Å². The lowest BCUT2D eigenvalue weighted by molar-refractivity contribution is 0.0955. The van der Waals surface area contributed by atoms with E-state index < -0.39 is 0 Å². The Morgan fingerprint density at radius 1 is 1.10 bits per heavy atom. The van der Waals surface area contributed by atoms with E-state index in [4.69, 9.17) is 11.6 Å². The van der Waals surface area contributed by atoms with Gasteiger partial charge in [-0.1, -0.05) is 41.9 Å². The number of hydrogen-bond donors (Lipinski definition) is 1. The lowest BCUT2D eigenvalue weighted by atomic mass is 10.1. The number of halogens is 1. The summed E-state index contributed by atoms with van der Waals surface area (Å²) in [4.78, 5) is 12.9. The molecule has 1 N–H and O–H groups in total. The first-order chi connectivity index (χ1) is 10.2. The maximum absolute atomic E-state index is 12.0. The molecule has 3 nitrogen and oxygen atoms in total. The Morgan fingerprint density at radius 3 is 2.67 bits per heavy atom. The number of amides is 1. The van der Waals surface area contributed by atoms with Crippen LogP contribution in [-0.4, -0.2) is 12.1 Å². The Bertz CT molecular complexity index is 826. The van der Waals surface area contributed by atoms with Gasteiger partial charge in [-0.25, -0.2) is 5.43 Å². The van der Waals surface area contributed by atoms with Crippen molar-refractivity contribution in [1.82, 2.24) is 5.43 Å². The SMILES string of the molecule is O=C(N/N=C/c1ccc(Cl)s1)c1ccc2ccccc2c1. The van der Waals surface area contributed by atoms with Gasteiger partial charge in [0.15, 0.2) is 0 Å². The molecule has 0 bridgehead atoms. The Hall–Kier alpha value is -2.17. The fourth-order valence-corrected chi connectivity index (χ4v) is 2.88. The first kappa shape index (κ1) is 13.8. The summed E-state index contributed by atoms with van der Waals surface area (Å²) in [7, 11) is 0. The minimum Gasteiger partial charge on any atom is -0.267 e. The number of carbonyl (C=O) groups excluding carboxylic acids is 1. The number of rotatable bonds is 3. The van der Waals surface area contributed by atoms with Crippen LogP contribution in [0.4, 0.5) is 0 Å². The molecule has 5 heteroatoms. The highest BCUT2D eigenvalue weighted by Crippen LogP contribution is 2.19. The van der Waals surface area contributed by atoms with E-state index >= 15 is 0 Å². The van der Waals surface area contributed by atoms with Crippen molar-refractivity contribution in [1.29, 1.82) is 0 Å². The van der Waals surface area contributed by atoms with Crippen LogP contribution in [-0.2, 0) is 0 Å². The smallest absolute Gasteiger partial charge is 0.267 e. The second-order valence-electron chi connectivity index (χ2n) is 4.40. The van der Waals surface area contributed by atoms with Gasteiger partial charge in [0, 0.05) is 10.4 Å². The van der Waals surface area contributed by atoms with Crippen LogP contribution in [0.5, 0.6) is 0 Å². The number of nitrogens with one attached hydrogen (secondary N) is 1. The second-order valence-corrected chi connectivity index (χ2v) is 6.15. The Morgan fingerprint density at radius 2 is 1.90 bits per heavy atom. The Labute approximate surface area is 130 Å². The van der Waals surface area contributed by atoms with E-state index in [1.165, 1.54) is 11.3 Å². The van der Waals surface area contributed by atoms with E-state index in [0.717, 1.165) is 15.6 Å². The molecule has 0 fully saturated rings. The van der Waals surface area contributed by atoms with Crippen molar-refractivity contribution in [3.05, 3.63) is 69.4 Å². The van der Waals surface area contributed by atoms with E-state index in [0.29, 0.717) is 9.90 Å². The predicted octanol–water partition coefficient (Wildman–Crippen LogP) is 4.32. The molecule has 3 aromatic rings. The van der Waals surface area contributed by atoms with Gasteiger partial charge in [0.05, 0.1) is 10.6 Å². The van der Waals surface area contributed by atoms with Crippen LogP contribution in [0.15, 0.2) is 59.7 Å². The van der Waals surface area contributed by atoms with Gasteiger partial charge in [0.1, 0.15) is 0 Å². The third-order valence-corrected chi connectivity index (χ3v) is 4.13. The summed E-state index contributed by atoms with van der Waals surface area (Å²) in [6.45, 7) is 0.